The minimum Gasteiger partial charge on any atom is -0.399 e. The predicted octanol–water partition coefficient (Wildman–Crippen LogP) is -0.116. The first kappa shape index (κ1) is 13.1. The molecule has 13 heavy (non-hydrogen) atoms. The molecule has 1 atom stereocenters. The van der Waals surface area contributed by atoms with Gasteiger partial charge in [-0.15, -0.1) is 0 Å². The lowest BCUT2D eigenvalue weighted by molar-refractivity contribution is 0.269. The fourth-order valence-corrected chi connectivity index (χ4v) is 2.02. The van der Waals surface area contributed by atoms with Gasteiger partial charge in [-0.3, -0.25) is 0 Å². The molecule has 1 saturated carbocycles. The van der Waals surface area contributed by atoms with Crippen LogP contribution in [0.5, 0.6) is 0 Å². The van der Waals surface area contributed by atoms with Crippen molar-refractivity contribution in [1.82, 2.24) is 0 Å². The molecule has 5 heteroatoms. The maximum absolute atomic E-state index is 5.47. The molecule has 0 saturated heterocycles. The second kappa shape index (κ2) is 7.46. The van der Waals surface area contributed by atoms with Gasteiger partial charge in [0, 0.05) is 25.9 Å². The molecule has 0 bridgehead atoms. The van der Waals surface area contributed by atoms with Crippen molar-refractivity contribution in [3.05, 3.63) is 0 Å². The normalized spacial score (nSPS) is 18.9. The molecular weight excluding hydrogens is 184 g/mol. The highest BCUT2D eigenvalue weighted by atomic mass is 28.3. The molecule has 0 aromatic carbocycles. The topological polar surface area (TPSA) is 70.5 Å². The highest BCUT2D eigenvalue weighted by Gasteiger charge is 2.13. The van der Waals surface area contributed by atoms with E-state index in [0.717, 1.165) is 0 Å². The Morgan fingerprint density at radius 1 is 1.31 bits per heavy atom. The molecule has 1 unspecified atom stereocenters. The summed E-state index contributed by atoms with van der Waals surface area (Å²) in [4.78, 5) is 0. The van der Waals surface area contributed by atoms with Gasteiger partial charge in [0.05, 0.1) is 0 Å². The summed E-state index contributed by atoms with van der Waals surface area (Å²) >= 11 is 0. The molecule has 1 aliphatic rings. The number of rotatable bonds is 3. The van der Waals surface area contributed by atoms with Crippen LogP contribution in [0.15, 0.2) is 0 Å². The SMILES string of the molecule is CO[SiH](OC)C(C)N.NC1CCC1. The fraction of sp³-hybridized carbons (Fsp3) is 1.00. The first-order valence-corrected chi connectivity index (χ1v) is 6.29. The Balaban J connectivity index is 0.000000243. The third kappa shape index (κ3) is 6.17. The summed E-state index contributed by atoms with van der Waals surface area (Å²) in [5.74, 6) is 0. The van der Waals surface area contributed by atoms with E-state index in [9.17, 15) is 0 Å². The van der Waals surface area contributed by atoms with E-state index in [4.69, 9.17) is 20.3 Å². The molecule has 4 nitrogen and oxygen atoms in total. The molecule has 0 aromatic rings. The van der Waals surface area contributed by atoms with Gasteiger partial charge in [-0.2, -0.15) is 0 Å². The molecule has 0 aromatic heterocycles. The Morgan fingerprint density at radius 2 is 1.69 bits per heavy atom. The third-order valence-corrected chi connectivity index (χ3v) is 3.83. The van der Waals surface area contributed by atoms with Gasteiger partial charge in [0.15, 0.2) is 0 Å². The van der Waals surface area contributed by atoms with Crippen molar-refractivity contribution >= 4 is 9.28 Å². The van der Waals surface area contributed by atoms with Crippen LogP contribution in [0.2, 0.25) is 0 Å². The van der Waals surface area contributed by atoms with Gasteiger partial charge in [-0.1, -0.05) is 6.42 Å². The van der Waals surface area contributed by atoms with Crippen molar-refractivity contribution in [3.8, 4) is 0 Å². The van der Waals surface area contributed by atoms with E-state index in [2.05, 4.69) is 0 Å². The zero-order valence-corrected chi connectivity index (χ0v) is 9.98. The maximum Gasteiger partial charge on any atom is 0.337 e. The second-order valence-electron chi connectivity index (χ2n) is 3.39. The van der Waals surface area contributed by atoms with Crippen LogP contribution >= 0.6 is 0 Å². The van der Waals surface area contributed by atoms with Crippen LogP contribution in [0.1, 0.15) is 26.2 Å². The van der Waals surface area contributed by atoms with Crippen LogP contribution in [-0.2, 0) is 8.85 Å². The summed E-state index contributed by atoms with van der Waals surface area (Å²) in [5, 5.41) is 0. The second-order valence-corrected chi connectivity index (χ2v) is 6.12. The van der Waals surface area contributed by atoms with E-state index < -0.39 is 9.28 Å². The van der Waals surface area contributed by atoms with E-state index in [-0.39, 0.29) is 5.67 Å². The van der Waals surface area contributed by atoms with Crippen molar-refractivity contribution in [2.24, 2.45) is 11.5 Å². The molecule has 0 radical (unpaired) electrons. The monoisotopic (exact) mass is 206 g/mol. The smallest absolute Gasteiger partial charge is 0.337 e. The number of hydrogen-bond acceptors (Lipinski definition) is 4. The average molecular weight is 206 g/mol. The van der Waals surface area contributed by atoms with Gasteiger partial charge >= 0.3 is 9.28 Å². The molecule has 0 aliphatic heterocycles. The standard InChI is InChI=1S/C4H13NO2Si.C4H9N/c1-4(5)8(6-2)7-3;5-4-2-1-3-4/h4,8H,5H2,1-3H3;4H,1-3,5H2. The van der Waals surface area contributed by atoms with Crippen molar-refractivity contribution in [3.63, 3.8) is 0 Å². The fourth-order valence-electron chi connectivity index (χ4n) is 0.965. The lowest BCUT2D eigenvalue weighted by Crippen LogP contribution is -2.39. The molecular formula is C8H22N2O2Si. The Kier molecular flexibility index (Phi) is 7.49. The first-order valence-electron chi connectivity index (χ1n) is 4.68. The number of hydrogen-bond donors (Lipinski definition) is 2. The average Bonchev–Trinajstić information content (AvgIpc) is 2.04. The lowest BCUT2D eigenvalue weighted by Gasteiger charge is -2.18. The van der Waals surface area contributed by atoms with Crippen LogP contribution < -0.4 is 11.5 Å². The minimum absolute atomic E-state index is 0.0741. The van der Waals surface area contributed by atoms with E-state index in [1.807, 2.05) is 6.92 Å². The molecule has 80 valence electrons. The van der Waals surface area contributed by atoms with E-state index in [1.165, 1.54) is 19.3 Å². The van der Waals surface area contributed by atoms with Gasteiger partial charge in [-0.05, 0) is 19.8 Å². The van der Waals surface area contributed by atoms with Gasteiger partial charge in [0.1, 0.15) is 0 Å². The van der Waals surface area contributed by atoms with Gasteiger partial charge in [0.2, 0.25) is 0 Å². The highest BCUT2D eigenvalue weighted by molar-refractivity contribution is 6.46. The Bertz CT molecular complexity index is 117. The zero-order chi connectivity index (χ0) is 10.3. The van der Waals surface area contributed by atoms with Crippen molar-refractivity contribution < 1.29 is 8.85 Å². The van der Waals surface area contributed by atoms with Crippen LogP contribution in [0.4, 0.5) is 0 Å². The maximum atomic E-state index is 5.47. The van der Waals surface area contributed by atoms with E-state index in [1.54, 1.807) is 14.2 Å². The summed E-state index contributed by atoms with van der Waals surface area (Å²) in [5.41, 5.74) is 10.9. The molecule has 4 N–H and O–H groups in total. The summed E-state index contributed by atoms with van der Waals surface area (Å²) in [6.07, 6.45) is 3.89. The van der Waals surface area contributed by atoms with Crippen LogP contribution in [0.3, 0.4) is 0 Å². The summed E-state index contributed by atoms with van der Waals surface area (Å²) < 4.78 is 9.91. The highest BCUT2D eigenvalue weighted by Crippen LogP contribution is 2.14. The summed E-state index contributed by atoms with van der Waals surface area (Å²) in [6.45, 7) is 1.89. The lowest BCUT2D eigenvalue weighted by atomic mass is 9.95. The van der Waals surface area contributed by atoms with E-state index in [0.29, 0.717) is 6.04 Å². The zero-order valence-electron chi connectivity index (χ0n) is 8.82. The first-order chi connectivity index (χ1) is 6.11. The predicted molar refractivity (Wildman–Crippen MR) is 56.6 cm³/mol. The van der Waals surface area contributed by atoms with Gasteiger partial charge < -0.3 is 20.3 Å². The molecule has 1 aliphatic carbocycles. The van der Waals surface area contributed by atoms with E-state index >= 15 is 0 Å². The van der Waals surface area contributed by atoms with Crippen molar-refractivity contribution in [2.75, 3.05) is 14.2 Å². The van der Waals surface area contributed by atoms with Crippen molar-refractivity contribution in [2.45, 2.75) is 37.9 Å². The van der Waals surface area contributed by atoms with Crippen LogP contribution in [0.25, 0.3) is 0 Å². The quantitative estimate of drug-likeness (QED) is 0.632. The molecule has 0 spiro atoms. The van der Waals surface area contributed by atoms with Crippen LogP contribution in [-0.4, -0.2) is 35.2 Å². The number of nitrogens with two attached hydrogens (primary N) is 2. The Hall–Kier alpha value is 0.0569. The molecule has 0 amide bonds. The minimum atomic E-state index is -1.49. The van der Waals surface area contributed by atoms with Crippen molar-refractivity contribution in [1.29, 1.82) is 0 Å². The molecule has 0 heterocycles. The van der Waals surface area contributed by atoms with Crippen LogP contribution in [0, 0.1) is 0 Å². The molecule has 1 rings (SSSR count). The summed E-state index contributed by atoms with van der Waals surface area (Å²) in [7, 11) is 1.77. The summed E-state index contributed by atoms with van der Waals surface area (Å²) in [6, 6.07) is 0.565. The third-order valence-electron chi connectivity index (χ3n) is 2.04. The Morgan fingerprint density at radius 3 is 1.69 bits per heavy atom. The molecule has 1 fully saturated rings. The Labute approximate surface area is 82.4 Å². The van der Waals surface area contributed by atoms with Gasteiger partial charge in [0.25, 0.3) is 0 Å². The van der Waals surface area contributed by atoms with Gasteiger partial charge in [-0.25, -0.2) is 0 Å². The largest absolute Gasteiger partial charge is 0.399 e.